The smallest absolute Gasteiger partial charge is 0.200 e. The van der Waals surface area contributed by atoms with Gasteiger partial charge in [0.15, 0.2) is 17.7 Å². The number of hydrazine groups is 1. The molecule has 2 aliphatic rings. The molecule has 0 aromatic heterocycles. The summed E-state index contributed by atoms with van der Waals surface area (Å²) in [5, 5.41) is 22.3. The molecule has 4 atom stereocenters. The number of phenols is 1. The third-order valence-electron chi connectivity index (χ3n) is 6.15. The molecule has 5 N–H and O–H groups in total. The Morgan fingerprint density at radius 3 is 2.58 bits per heavy atom. The van der Waals surface area contributed by atoms with Gasteiger partial charge >= 0.3 is 0 Å². The number of ether oxygens (including phenoxy) is 2. The van der Waals surface area contributed by atoms with Crippen molar-refractivity contribution in [3.63, 3.8) is 0 Å². The van der Waals surface area contributed by atoms with E-state index < -0.39 is 6.23 Å². The van der Waals surface area contributed by atoms with Crippen molar-refractivity contribution in [1.29, 1.82) is 5.26 Å². The minimum atomic E-state index is -0.418. The van der Waals surface area contributed by atoms with E-state index in [9.17, 15) is 10.4 Å². The third-order valence-corrected chi connectivity index (χ3v) is 6.15. The van der Waals surface area contributed by atoms with E-state index in [0.29, 0.717) is 11.3 Å². The van der Waals surface area contributed by atoms with Gasteiger partial charge in [-0.1, -0.05) is 42.5 Å². The molecule has 7 nitrogen and oxygen atoms in total. The van der Waals surface area contributed by atoms with Gasteiger partial charge in [-0.3, -0.25) is 0 Å². The monoisotopic (exact) mass is 414 g/mol. The summed E-state index contributed by atoms with van der Waals surface area (Å²) in [7, 11) is 1.50. The van der Waals surface area contributed by atoms with Gasteiger partial charge < -0.3 is 20.3 Å². The van der Waals surface area contributed by atoms with Crippen molar-refractivity contribution in [1.82, 2.24) is 10.9 Å². The minimum Gasteiger partial charge on any atom is -0.504 e. The average Bonchev–Trinajstić information content (AvgIpc) is 3.21. The first-order valence-corrected chi connectivity index (χ1v) is 10.0. The third kappa shape index (κ3) is 3.13. The Hall–Kier alpha value is -3.73. The fourth-order valence-electron chi connectivity index (χ4n) is 4.67. The van der Waals surface area contributed by atoms with Crippen LogP contribution in [0.5, 0.6) is 11.5 Å². The molecule has 2 aliphatic heterocycles. The van der Waals surface area contributed by atoms with Crippen LogP contribution in [0.25, 0.3) is 10.8 Å². The molecule has 2 heterocycles. The first kappa shape index (κ1) is 19.2. The van der Waals surface area contributed by atoms with Gasteiger partial charge in [-0.15, -0.1) is 0 Å². The van der Waals surface area contributed by atoms with Crippen molar-refractivity contribution in [3.05, 3.63) is 83.2 Å². The molecule has 0 spiro atoms. The summed E-state index contributed by atoms with van der Waals surface area (Å²) in [4.78, 5) is 0. The average molecular weight is 414 g/mol. The van der Waals surface area contributed by atoms with Gasteiger partial charge in [-0.2, -0.15) is 5.26 Å². The summed E-state index contributed by atoms with van der Waals surface area (Å²) >= 11 is 0. The molecule has 0 bridgehead atoms. The van der Waals surface area contributed by atoms with Crippen LogP contribution in [-0.2, 0) is 4.74 Å². The first-order valence-electron chi connectivity index (χ1n) is 10.0. The lowest BCUT2D eigenvalue weighted by Crippen LogP contribution is -2.40. The Bertz CT molecular complexity index is 1230. The number of phenolic OH excluding ortho intramolecular Hbond substituents is 1. The van der Waals surface area contributed by atoms with Crippen LogP contribution in [0.3, 0.4) is 0 Å². The number of hydrogen-bond donors (Lipinski definition) is 4. The standard InChI is InChI=1S/C24H22N4O3/c1-30-19-11-15(8-9-18(19)29)20-17(12-25)23(26)31-24-21(20)22(27-28-24)16-7-6-13-4-2-3-5-14(13)10-16/h2-11,20-22,24,27-29H,26H2,1H3. The summed E-state index contributed by atoms with van der Waals surface area (Å²) in [6.07, 6.45) is -0.418. The van der Waals surface area contributed by atoms with Crippen LogP contribution in [0.2, 0.25) is 0 Å². The van der Waals surface area contributed by atoms with Gasteiger partial charge in [0.2, 0.25) is 5.88 Å². The predicted molar refractivity (Wildman–Crippen MR) is 116 cm³/mol. The molecule has 7 heteroatoms. The van der Waals surface area contributed by atoms with E-state index in [1.165, 1.54) is 7.11 Å². The molecule has 0 radical (unpaired) electrons. The van der Waals surface area contributed by atoms with Gasteiger partial charge in [-0.25, -0.2) is 10.9 Å². The van der Waals surface area contributed by atoms with E-state index >= 15 is 0 Å². The van der Waals surface area contributed by atoms with E-state index in [2.05, 4.69) is 47.3 Å². The summed E-state index contributed by atoms with van der Waals surface area (Å²) in [5.74, 6) is -0.0134. The molecule has 0 saturated carbocycles. The zero-order valence-corrected chi connectivity index (χ0v) is 16.9. The molecule has 0 aliphatic carbocycles. The van der Waals surface area contributed by atoms with Crippen LogP contribution in [0, 0.1) is 17.2 Å². The second-order valence-electron chi connectivity index (χ2n) is 7.79. The minimum absolute atomic E-state index is 0.0408. The van der Waals surface area contributed by atoms with Crippen LogP contribution in [0.4, 0.5) is 0 Å². The number of aromatic hydroxyl groups is 1. The van der Waals surface area contributed by atoms with Crippen molar-refractivity contribution in [3.8, 4) is 17.6 Å². The van der Waals surface area contributed by atoms with E-state index in [4.69, 9.17) is 15.2 Å². The first-order chi connectivity index (χ1) is 15.1. The van der Waals surface area contributed by atoms with E-state index in [1.54, 1.807) is 18.2 Å². The van der Waals surface area contributed by atoms with Gasteiger partial charge in [0, 0.05) is 11.8 Å². The number of hydrogen-bond acceptors (Lipinski definition) is 7. The number of allylic oxidation sites excluding steroid dienone is 1. The van der Waals surface area contributed by atoms with Gasteiger partial charge in [0.25, 0.3) is 0 Å². The molecule has 3 aromatic carbocycles. The van der Waals surface area contributed by atoms with Crippen molar-refractivity contribution >= 4 is 10.8 Å². The number of fused-ring (bicyclic) bond motifs is 2. The van der Waals surface area contributed by atoms with Crippen molar-refractivity contribution < 1.29 is 14.6 Å². The van der Waals surface area contributed by atoms with Crippen LogP contribution in [-0.4, -0.2) is 18.4 Å². The Morgan fingerprint density at radius 1 is 1.03 bits per heavy atom. The predicted octanol–water partition coefficient (Wildman–Crippen LogP) is 3.15. The molecule has 156 valence electrons. The zero-order valence-electron chi connectivity index (χ0n) is 16.9. The molecular formula is C24H22N4O3. The molecule has 4 unspecified atom stereocenters. The molecule has 31 heavy (non-hydrogen) atoms. The van der Waals surface area contributed by atoms with Crippen LogP contribution < -0.4 is 21.3 Å². The summed E-state index contributed by atoms with van der Waals surface area (Å²) < 4.78 is 11.2. The van der Waals surface area contributed by atoms with Gasteiger partial charge in [-0.05, 0) is 40.1 Å². The van der Waals surface area contributed by atoms with Crippen LogP contribution >= 0.6 is 0 Å². The maximum Gasteiger partial charge on any atom is 0.200 e. The summed E-state index contributed by atoms with van der Waals surface area (Å²) in [5.41, 5.74) is 14.9. The van der Waals surface area contributed by atoms with Crippen molar-refractivity contribution in [2.24, 2.45) is 11.7 Å². The largest absolute Gasteiger partial charge is 0.504 e. The number of nitrogens with zero attached hydrogens (tertiary/aromatic N) is 1. The van der Waals surface area contributed by atoms with Gasteiger partial charge in [0.05, 0.1) is 18.7 Å². The Kier molecular flexibility index (Phi) is 4.66. The lowest BCUT2D eigenvalue weighted by atomic mass is 9.74. The topological polar surface area (TPSA) is 113 Å². The highest BCUT2D eigenvalue weighted by atomic mass is 16.5. The summed E-state index contributed by atoms with van der Waals surface area (Å²) in [6, 6.07) is 21.8. The number of nitriles is 1. The highest BCUT2D eigenvalue weighted by molar-refractivity contribution is 5.83. The molecule has 1 fully saturated rings. The number of rotatable bonds is 3. The second kappa shape index (κ2) is 7.51. The van der Waals surface area contributed by atoms with E-state index in [1.807, 2.05) is 12.1 Å². The maximum atomic E-state index is 10.1. The molecule has 5 rings (SSSR count). The number of nitrogens with two attached hydrogens (primary N) is 1. The van der Waals surface area contributed by atoms with Crippen molar-refractivity contribution in [2.45, 2.75) is 18.2 Å². The zero-order chi connectivity index (χ0) is 21.5. The highest BCUT2D eigenvalue weighted by Gasteiger charge is 2.49. The van der Waals surface area contributed by atoms with E-state index in [0.717, 1.165) is 21.9 Å². The molecular weight excluding hydrogens is 392 g/mol. The normalized spacial score (nSPS) is 25.0. The van der Waals surface area contributed by atoms with Crippen LogP contribution in [0.15, 0.2) is 72.1 Å². The Morgan fingerprint density at radius 2 is 1.81 bits per heavy atom. The quantitative estimate of drug-likeness (QED) is 0.521. The second-order valence-corrected chi connectivity index (χ2v) is 7.79. The SMILES string of the molecule is COc1cc(C2C(C#N)=C(N)OC3NNC(c4ccc5ccccc5c4)C32)ccc1O. The number of nitrogens with one attached hydrogen (secondary N) is 2. The van der Waals surface area contributed by atoms with E-state index in [-0.39, 0.29) is 29.5 Å². The lowest BCUT2D eigenvalue weighted by molar-refractivity contribution is 0.0340. The number of benzene rings is 3. The molecule has 1 saturated heterocycles. The van der Waals surface area contributed by atoms with Gasteiger partial charge in [0.1, 0.15) is 6.07 Å². The molecule has 0 amide bonds. The summed E-state index contributed by atoms with van der Waals surface area (Å²) in [6.45, 7) is 0. The Labute approximate surface area is 179 Å². The van der Waals surface area contributed by atoms with Crippen LogP contribution in [0.1, 0.15) is 23.1 Å². The lowest BCUT2D eigenvalue weighted by Gasteiger charge is -2.36. The van der Waals surface area contributed by atoms with Crippen molar-refractivity contribution in [2.75, 3.05) is 7.11 Å². The fourth-order valence-corrected chi connectivity index (χ4v) is 4.67. The maximum absolute atomic E-state index is 10.1. The fraction of sp³-hybridized carbons (Fsp3) is 0.208. The highest BCUT2D eigenvalue weighted by Crippen LogP contribution is 2.48. The number of methoxy groups -OCH3 is 1. The molecule has 3 aromatic rings. The Balaban J connectivity index is 1.63.